The molecule has 0 saturated carbocycles. The lowest BCUT2D eigenvalue weighted by Crippen LogP contribution is -2.48. The fraction of sp³-hybridized carbons (Fsp3) is 0.292. The average molecular weight is 469 g/mol. The summed E-state index contributed by atoms with van der Waals surface area (Å²) < 4.78 is 6.34. The molecule has 2 aliphatic heterocycles. The molecule has 1 aromatic heterocycles. The summed E-state index contributed by atoms with van der Waals surface area (Å²) in [5.41, 5.74) is 8.64. The van der Waals surface area contributed by atoms with Crippen LogP contribution in [0.3, 0.4) is 0 Å². The van der Waals surface area contributed by atoms with Crippen LogP contribution in [0.15, 0.2) is 42.5 Å². The van der Waals surface area contributed by atoms with Crippen LogP contribution >= 0.6 is 23.2 Å². The van der Waals surface area contributed by atoms with E-state index in [2.05, 4.69) is 16.0 Å². The molecule has 1 saturated heterocycles. The minimum Gasteiger partial charge on any atom is -0.487 e. The number of rotatable bonds is 3. The van der Waals surface area contributed by atoms with E-state index in [4.69, 9.17) is 38.7 Å². The molecule has 8 heteroatoms. The van der Waals surface area contributed by atoms with Crippen LogP contribution in [0.25, 0.3) is 11.1 Å². The van der Waals surface area contributed by atoms with Gasteiger partial charge >= 0.3 is 0 Å². The topological polar surface area (TPSA) is 81.3 Å². The van der Waals surface area contributed by atoms with E-state index in [1.165, 1.54) is 5.56 Å². The quantitative estimate of drug-likeness (QED) is 0.594. The van der Waals surface area contributed by atoms with Crippen LogP contribution in [0.4, 0.5) is 5.95 Å². The van der Waals surface area contributed by atoms with Crippen LogP contribution in [-0.2, 0) is 6.42 Å². The summed E-state index contributed by atoms with van der Waals surface area (Å²) in [4.78, 5) is 23.7. The molecule has 2 N–H and O–H groups in total. The lowest BCUT2D eigenvalue weighted by molar-refractivity contribution is 0.0664. The van der Waals surface area contributed by atoms with E-state index in [-0.39, 0.29) is 11.3 Å². The molecule has 0 radical (unpaired) electrons. The maximum atomic E-state index is 12.3. The maximum absolute atomic E-state index is 12.3. The van der Waals surface area contributed by atoms with Crippen molar-refractivity contribution in [3.05, 3.63) is 69.5 Å². The molecule has 0 aliphatic carbocycles. The van der Waals surface area contributed by atoms with E-state index in [1.54, 1.807) is 18.2 Å². The second kappa shape index (κ2) is 7.94. The number of para-hydroxylation sites is 1. The number of piperidine rings is 1. The third-order valence-corrected chi connectivity index (χ3v) is 7.12. The molecule has 32 heavy (non-hydrogen) atoms. The molecule has 1 amide bonds. The van der Waals surface area contributed by atoms with Crippen LogP contribution in [0.5, 0.6) is 5.75 Å². The average Bonchev–Trinajstić information content (AvgIpc) is 3.13. The van der Waals surface area contributed by atoms with E-state index < -0.39 is 5.91 Å². The second-order valence-electron chi connectivity index (χ2n) is 8.35. The molecule has 3 aromatic rings. The molecule has 0 bridgehead atoms. The summed E-state index contributed by atoms with van der Waals surface area (Å²) in [5.74, 6) is 0.834. The monoisotopic (exact) mass is 468 g/mol. The van der Waals surface area contributed by atoms with Gasteiger partial charge in [-0.25, -0.2) is 9.97 Å². The standard InChI is InChI=1S/C24H22Cl2N4O2/c1-14-19(16-6-4-7-17(25)20(16)26)21(22(27)31)29-23(28-14)30-11-9-24(10-12-30)13-15-5-2-3-8-18(15)32-24/h2-8H,9-13H2,1H3,(H2,27,31). The van der Waals surface area contributed by atoms with Gasteiger partial charge in [-0.05, 0) is 24.6 Å². The number of halogens is 2. The predicted molar refractivity (Wildman–Crippen MR) is 126 cm³/mol. The molecule has 1 fully saturated rings. The molecule has 3 heterocycles. The molecule has 164 valence electrons. The number of anilines is 1. The molecule has 5 rings (SSSR count). The minimum atomic E-state index is -0.633. The SMILES string of the molecule is Cc1nc(N2CCC3(CC2)Cc2ccccc2O3)nc(C(N)=O)c1-c1cccc(Cl)c1Cl. The highest BCUT2D eigenvalue weighted by molar-refractivity contribution is 6.43. The van der Waals surface area contributed by atoms with E-state index in [0.717, 1.165) is 38.1 Å². The van der Waals surface area contributed by atoms with Crippen molar-refractivity contribution < 1.29 is 9.53 Å². The van der Waals surface area contributed by atoms with Crippen LogP contribution < -0.4 is 15.4 Å². The zero-order valence-corrected chi connectivity index (χ0v) is 19.1. The summed E-state index contributed by atoms with van der Waals surface area (Å²) >= 11 is 12.6. The number of aromatic nitrogens is 2. The number of carbonyl (C=O) groups is 1. The van der Waals surface area contributed by atoms with Crippen molar-refractivity contribution in [2.75, 3.05) is 18.0 Å². The van der Waals surface area contributed by atoms with Crippen molar-refractivity contribution in [2.45, 2.75) is 31.8 Å². The van der Waals surface area contributed by atoms with Crippen molar-refractivity contribution >= 4 is 35.1 Å². The Kier molecular flexibility index (Phi) is 5.22. The number of hydrogen-bond donors (Lipinski definition) is 1. The summed E-state index contributed by atoms with van der Waals surface area (Å²) in [6.45, 7) is 3.28. The van der Waals surface area contributed by atoms with Gasteiger partial charge in [-0.2, -0.15) is 0 Å². The van der Waals surface area contributed by atoms with Gasteiger partial charge in [-0.3, -0.25) is 4.79 Å². The van der Waals surface area contributed by atoms with Gasteiger partial charge < -0.3 is 15.4 Å². The van der Waals surface area contributed by atoms with Crippen LogP contribution in [-0.4, -0.2) is 34.6 Å². The molecule has 2 aliphatic rings. The van der Waals surface area contributed by atoms with Crippen molar-refractivity contribution in [1.82, 2.24) is 9.97 Å². The number of nitrogens with two attached hydrogens (primary N) is 1. The smallest absolute Gasteiger partial charge is 0.268 e. The van der Waals surface area contributed by atoms with E-state index >= 15 is 0 Å². The second-order valence-corrected chi connectivity index (χ2v) is 9.14. The van der Waals surface area contributed by atoms with Gasteiger partial charge in [0, 0.05) is 43.5 Å². The van der Waals surface area contributed by atoms with Crippen molar-refractivity contribution in [1.29, 1.82) is 0 Å². The zero-order valence-electron chi connectivity index (χ0n) is 17.6. The Bertz CT molecular complexity index is 1200. The fourth-order valence-corrected chi connectivity index (χ4v) is 5.05. The number of benzene rings is 2. The molecule has 0 atom stereocenters. The maximum Gasteiger partial charge on any atom is 0.268 e. The third kappa shape index (κ3) is 3.57. The number of aryl methyl sites for hydroxylation is 1. The van der Waals surface area contributed by atoms with Crippen molar-refractivity contribution in [2.24, 2.45) is 5.73 Å². The van der Waals surface area contributed by atoms with Crippen molar-refractivity contribution in [3.63, 3.8) is 0 Å². The molecular formula is C24H22Cl2N4O2. The summed E-state index contributed by atoms with van der Waals surface area (Å²) in [7, 11) is 0. The van der Waals surface area contributed by atoms with E-state index in [0.29, 0.717) is 32.8 Å². The summed E-state index contributed by atoms with van der Waals surface area (Å²) in [5, 5.41) is 0.732. The van der Waals surface area contributed by atoms with E-state index in [9.17, 15) is 4.79 Å². The lowest BCUT2D eigenvalue weighted by atomic mass is 9.87. The fourth-order valence-electron chi connectivity index (χ4n) is 4.66. The van der Waals surface area contributed by atoms with Gasteiger partial charge in [0.25, 0.3) is 5.91 Å². The molecule has 6 nitrogen and oxygen atoms in total. The highest BCUT2D eigenvalue weighted by Crippen LogP contribution is 2.42. The molecule has 2 aromatic carbocycles. The highest BCUT2D eigenvalue weighted by atomic mass is 35.5. The Morgan fingerprint density at radius 2 is 1.84 bits per heavy atom. The Balaban J connectivity index is 1.43. The predicted octanol–water partition coefficient (Wildman–Crippen LogP) is 4.83. The molecule has 0 unspecified atom stereocenters. The van der Waals surface area contributed by atoms with Gasteiger partial charge in [-0.1, -0.05) is 53.5 Å². The van der Waals surface area contributed by atoms with Crippen molar-refractivity contribution in [3.8, 4) is 16.9 Å². The summed E-state index contributed by atoms with van der Waals surface area (Å²) in [6.07, 6.45) is 2.60. The molecular weight excluding hydrogens is 447 g/mol. The number of nitrogens with zero attached hydrogens (tertiary/aromatic N) is 3. The zero-order chi connectivity index (χ0) is 22.5. The number of amides is 1. The number of fused-ring (bicyclic) bond motifs is 1. The first kappa shape index (κ1) is 21.0. The van der Waals surface area contributed by atoms with Gasteiger partial charge in [0.05, 0.1) is 15.7 Å². The largest absolute Gasteiger partial charge is 0.487 e. The Hall–Kier alpha value is -2.83. The number of primary amides is 1. The van der Waals surface area contributed by atoms with Crippen LogP contribution in [0.1, 0.15) is 34.6 Å². The Morgan fingerprint density at radius 3 is 2.56 bits per heavy atom. The summed E-state index contributed by atoms with van der Waals surface area (Å²) in [6, 6.07) is 13.4. The first-order valence-electron chi connectivity index (χ1n) is 10.5. The van der Waals surface area contributed by atoms with Gasteiger partial charge in [0.1, 0.15) is 17.0 Å². The number of hydrogen-bond acceptors (Lipinski definition) is 5. The first-order chi connectivity index (χ1) is 15.4. The number of ether oxygens (including phenoxy) is 1. The van der Waals surface area contributed by atoms with Crippen LogP contribution in [0, 0.1) is 6.92 Å². The number of carbonyl (C=O) groups excluding carboxylic acids is 1. The lowest BCUT2D eigenvalue weighted by Gasteiger charge is -2.38. The first-order valence-corrected chi connectivity index (χ1v) is 11.3. The minimum absolute atomic E-state index is 0.140. The third-order valence-electron chi connectivity index (χ3n) is 6.30. The van der Waals surface area contributed by atoms with Gasteiger partial charge in [0.15, 0.2) is 0 Å². The Labute approximate surface area is 196 Å². The normalized spacial score (nSPS) is 16.7. The highest BCUT2D eigenvalue weighted by Gasteiger charge is 2.42. The molecule has 1 spiro atoms. The van der Waals surface area contributed by atoms with Gasteiger partial charge in [0.2, 0.25) is 5.95 Å². The van der Waals surface area contributed by atoms with Crippen LogP contribution in [0.2, 0.25) is 10.0 Å². The Morgan fingerprint density at radius 1 is 1.09 bits per heavy atom. The van der Waals surface area contributed by atoms with E-state index in [1.807, 2.05) is 25.1 Å². The van der Waals surface area contributed by atoms with Gasteiger partial charge in [-0.15, -0.1) is 0 Å².